The fraction of sp³-hybridized carbons (Fsp3) is 0.648. The van der Waals surface area contributed by atoms with Crippen molar-refractivity contribution in [1.29, 1.82) is 0 Å². The maximum absolute atomic E-state index is 12.3. The van der Waals surface area contributed by atoms with Gasteiger partial charge in [0.2, 0.25) is 5.91 Å². The lowest BCUT2D eigenvalue weighted by molar-refractivity contribution is -0.147. The number of carbonyl (C=O) groups excluding carboxylic acids is 2. The molecule has 1 amide bonds. The molecule has 0 aliphatic rings. The van der Waals surface area contributed by atoms with Crippen LogP contribution in [0.3, 0.4) is 0 Å². The Morgan fingerprint density at radius 1 is 0.500 bits per heavy atom. The first-order valence-corrected chi connectivity index (χ1v) is 26.8. The van der Waals surface area contributed by atoms with E-state index in [1.807, 2.05) is 6.08 Å². The first-order valence-electron chi connectivity index (χ1n) is 25.3. The lowest BCUT2D eigenvalue weighted by Gasteiger charge is -2.18. The third-order valence-corrected chi connectivity index (χ3v) is 11.3. The lowest BCUT2D eigenvalue weighted by Crippen LogP contribution is -2.43. The zero-order chi connectivity index (χ0) is 48.4. The predicted octanol–water partition coefficient (Wildman–Crippen LogP) is 14.0. The van der Waals surface area contributed by atoms with Gasteiger partial charge in [-0.15, -0.1) is 0 Å². The van der Waals surface area contributed by atoms with Crippen molar-refractivity contribution in [3.8, 4) is 0 Å². The molecule has 0 rings (SSSR count). The van der Waals surface area contributed by atoms with Crippen LogP contribution in [0.2, 0.25) is 0 Å². The Labute approximate surface area is 400 Å². The second kappa shape index (κ2) is 47.9. The summed E-state index contributed by atoms with van der Waals surface area (Å²) >= 11 is 0. The molecular weight excluding hydrogens is 854 g/mol. The van der Waals surface area contributed by atoms with Crippen molar-refractivity contribution in [2.24, 2.45) is 0 Å². The lowest BCUT2D eigenvalue weighted by atomic mass is 10.0. The van der Waals surface area contributed by atoms with Crippen molar-refractivity contribution in [3.05, 3.63) is 97.2 Å². The zero-order valence-electron chi connectivity index (χ0n) is 41.0. The number of carboxylic acid groups (broad SMARTS) is 1. The molecule has 0 saturated carbocycles. The van der Waals surface area contributed by atoms with Gasteiger partial charge in [0.1, 0.15) is 12.7 Å². The molecule has 66 heavy (non-hydrogen) atoms. The highest BCUT2D eigenvalue weighted by atomic mass is 31.2. The van der Waals surface area contributed by atoms with E-state index in [9.17, 15) is 34.1 Å². The van der Waals surface area contributed by atoms with Crippen LogP contribution in [0.25, 0.3) is 0 Å². The van der Waals surface area contributed by atoms with Gasteiger partial charge in [-0.3, -0.25) is 18.6 Å². The van der Waals surface area contributed by atoms with Gasteiger partial charge in [0.25, 0.3) is 0 Å². The van der Waals surface area contributed by atoms with Gasteiger partial charge in [0.05, 0.1) is 13.2 Å². The number of carboxylic acids is 1. The molecule has 0 fully saturated rings. The Morgan fingerprint density at radius 2 is 0.879 bits per heavy atom. The van der Waals surface area contributed by atoms with Gasteiger partial charge >= 0.3 is 19.8 Å². The number of phosphoric ester groups is 1. The average Bonchev–Trinajstić information content (AvgIpc) is 3.29. The molecule has 0 aliphatic carbocycles. The molecule has 12 heteroatoms. The number of allylic oxidation sites excluding steroid dienone is 16. The Morgan fingerprint density at radius 3 is 1.33 bits per heavy atom. The Kier molecular flexibility index (Phi) is 45.3. The number of unbranched alkanes of at least 4 members (excludes halogenated alkanes) is 16. The number of aliphatic hydroxyl groups excluding tert-OH is 1. The highest BCUT2D eigenvalue weighted by Gasteiger charge is 2.28. The monoisotopic (exact) mass is 944 g/mol. The second-order valence-electron chi connectivity index (χ2n) is 16.6. The third kappa shape index (κ3) is 46.9. The number of ether oxygens (including phenoxy) is 1. The Balaban J connectivity index is 3.92. The first kappa shape index (κ1) is 62.4. The number of hydrogen-bond donors (Lipinski definition) is 4. The van der Waals surface area contributed by atoms with Gasteiger partial charge in [-0.1, -0.05) is 182 Å². The van der Waals surface area contributed by atoms with Crippen molar-refractivity contribution in [2.45, 2.75) is 206 Å². The highest BCUT2D eigenvalue weighted by molar-refractivity contribution is 7.47. The number of nitrogens with one attached hydrogen (secondary N) is 1. The van der Waals surface area contributed by atoms with Gasteiger partial charge in [0.15, 0.2) is 6.04 Å². The van der Waals surface area contributed by atoms with E-state index in [-0.39, 0.29) is 12.8 Å². The molecule has 0 aromatic rings. The van der Waals surface area contributed by atoms with E-state index in [1.165, 1.54) is 77.0 Å². The SMILES string of the molecule is CC/C=C\C/C=C\C/C=C\C/C=C\C/C=C\C/C=C\CCCCC(=O)NC(COP(=O)(O)OCC(O)COC(=O)CCCCCCCCCCCCC/C=C\C/C=C\CCCCC)C(=O)O. The maximum atomic E-state index is 12.3. The summed E-state index contributed by atoms with van der Waals surface area (Å²) < 4.78 is 26.9. The fourth-order valence-corrected chi connectivity index (χ4v) is 7.24. The minimum Gasteiger partial charge on any atom is -0.480 e. The quantitative estimate of drug-likeness (QED) is 0.0199. The highest BCUT2D eigenvalue weighted by Crippen LogP contribution is 2.43. The van der Waals surface area contributed by atoms with Crippen molar-refractivity contribution in [3.63, 3.8) is 0 Å². The van der Waals surface area contributed by atoms with Crippen LogP contribution in [0.4, 0.5) is 0 Å². The molecule has 0 heterocycles. The van der Waals surface area contributed by atoms with Gasteiger partial charge in [-0.05, 0) is 96.3 Å². The summed E-state index contributed by atoms with van der Waals surface area (Å²) in [7, 11) is -4.78. The van der Waals surface area contributed by atoms with Crippen LogP contribution in [0.15, 0.2) is 97.2 Å². The molecule has 0 bridgehead atoms. The number of esters is 1. The van der Waals surface area contributed by atoms with Crippen LogP contribution < -0.4 is 5.32 Å². The first-order chi connectivity index (χ1) is 32.1. The minimum atomic E-state index is -4.78. The molecule has 3 atom stereocenters. The standard InChI is InChI=1S/C54H90NO10P/c1-3-5-7-9-11-13-15-17-19-21-23-25-27-29-31-33-35-37-39-41-43-45-52(57)55-51(54(59)60)49-65-66(61,62)64-48-50(56)47-63-53(58)46-44-42-40-38-36-34-32-30-28-26-24-22-20-18-16-14-12-10-8-6-4-2/h5,7,11-14,17-20,23,25,29,31,35,37,50-51,56H,3-4,6,8-10,15-16,21-22,24,26-28,30,32-34,36,38-49H2,1-2H3,(H,55,57)(H,59,60)(H,61,62)/b7-5-,13-11-,14-12-,19-17-,20-18-,25-23-,31-29-,37-35-. The normalized spacial score (nSPS) is 14.4. The molecule has 0 aromatic carbocycles. The van der Waals surface area contributed by atoms with E-state index in [1.54, 1.807) is 0 Å². The summed E-state index contributed by atoms with van der Waals surface area (Å²) in [6.45, 7) is 2.43. The second-order valence-corrected chi connectivity index (χ2v) is 18.1. The molecular formula is C54H90NO10P. The molecule has 0 saturated heterocycles. The smallest absolute Gasteiger partial charge is 0.472 e. The van der Waals surface area contributed by atoms with E-state index in [0.29, 0.717) is 12.8 Å². The molecule has 3 unspecified atom stereocenters. The van der Waals surface area contributed by atoms with Crippen molar-refractivity contribution in [2.75, 3.05) is 19.8 Å². The summed E-state index contributed by atoms with van der Waals surface area (Å²) in [6, 6.07) is -1.58. The number of carbonyl (C=O) groups is 3. The summed E-state index contributed by atoms with van der Waals surface area (Å²) in [5.41, 5.74) is 0. The maximum Gasteiger partial charge on any atom is 0.472 e. The van der Waals surface area contributed by atoms with E-state index < -0.39 is 57.6 Å². The van der Waals surface area contributed by atoms with Crippen molar-refractivity contribution in [1.82, 2.24) is 5.32 Å². The van der Waals surface area contributed by atoms with Crippen molar-refractivity contribution < 1.29 is 47.8 Å². The van der Waals surface area contributed by atoms with Crippen LogP contribution >= 0.6 is 7.82 Å². The number of aliphatic carboxylic acids is 1. The van der Waals surface area contributed by atoms with E-state index >= 15 is 0 Å². The number of phosphoric acid groups is 1. The van der Waals surface area contributed by atoms with Gasteiger partial charge in [-0.2, -0.15) is 0 Å². The largest absolute Gasteiger partial charge is 0.480 e. The molecule has 0 spiro atoms. The number of amides is 1. The van der Waals surface area contributed by atoms with E-state index in [0.717, 1.165) is 77.0 Å². The Bertz CT molecular complexity index is 1480. The zero-order valence-corrected chi connectivity index (χ0v) is 41.9. The summed E-state index contributed by atoms with van der Waals surface area (Å²) in [4.78, 5) is 46.1. The van der Waals surface area contributed by atoms with Crippen LogP contribution in [-0.4, -0.2) is 64.9 Å². The number of hydrogen-bond acceptors (Lipinski definition) is 8. The summed E-state index contributed by atoms with van der Waals surface area (Å²) in [5.74, 6) is -2.44. The summed E-state index contributed by atoms with van der Waals surface area (Å²) in [6.07, 6.45) is 61.4. The topological polar surface area (TPSA) is 169 Å². The van der Waals surface area contributed by atoms with Gasteiger partial charge < -0.3 is 25.2 Å². The van der Waals surface area contributed by atoms with Crippen LogP contribution in [0.5, 0.6) is 0 Å². The van der Waals surface area contributed by atoms with E-state index in [4.69, 9.17) is 13.8 Å². The Hall–Kier alpha value is -3.60. The molecule has 376 valence electrons. The fourth-order valence-electron chi connectivity index (χ4n) is 6.47. The molecule has 11 nitrogen and oxygen atoms in total. The number of aliphatic hydroxyl groups is 1. The van der Waals surface area contributed by atoms with Crippen LogP contribution in [0, 0.1) is 0 Å². The van der Waals surface area contributed by atoms with E-state index in [2.05, 4.69) is 110 Å². The van der Waals surface area contributed by atoms with Crippen LogP contribution in [0.1, 0.15) is 194 Å². The molecule has 0 aromatic heterocycles. The minimum absolute atomic E-state index is 0.0851. The predicted molar refractivity (Wildman–Crippen MR) is 272 cm³/mol. The van der Waals surface area contributed by atoms with Gasteiger partial charge in [0, 0.05) is 12.8 Å². The van der Waals surface area contributed by atoms with Crippen LogP contribution in [-0.2, 0) is 32.7 Å². The van der Waals surface area contributed by atoms with Crippen molar-refractivity contribution >= 4 is 25.7 Å². The average molecular weight is 944 g/mol. The molecule has 4 N–H and O–H groups in total. The molecule has 0 radical (unpaired) electrons. The summed E-state index contributed by atoms with van der Waals surface area (Å²) in [5, 5.41) is 21.9. The molecule has 0 aliphatic heterocycles. The third-order valence-electron chi connectivity index (χ3n) is 10.4. The number of rotatable bonds is 46. The van der Waals surface area contributed by atoms with Gasteiger partial charge in [-0.25, -0.2) is 9.36 Å².